The van der Waals surface area contributed by atoms with E-state index in [2.05, 4.69) is 19.2 Å². The number of carbonyl (C=O) groups is 2. The lowest BCUT2D eigenvalue weighted by Crippen LogP contribution is -2.45. The first-order chi connectivity index (χ1) is 38.5. The van der Waals surface area contributed by atoms with Crippen molar-refractivity contribution in [3.8, 4) is 0 Å². The number of hydrogen-bond donors (Lipinski definition) is 3. The largest absolute Gasteiger partial charge is 0.466 e. The van der Waals surface area contributed by atoms with Gasteiger partial charge < -0.3 is 20.3 Å². The van der Waals surface area contributed by atoms with Crippen LogP contribution in [0.4, 0.5) is 0 Å². The minimum atomic E-state index is -0.659. The predicted octanol–water partition coefficient (Wildman–Crippen LogP) is 23.4. The molecule has 0 aromatic carbocycles. The van der Waals surface area contributed by atoms with Crippen LogP contribution in [0.3, 0.4) is 0 Å². The van der Waals surface area contributed by atoms with Crippen LogP contribution in [-0.4, -0.2) is 47.4 Å². The van der Waals surface area contributed by atoms with Gasteiger partial charge in [0.15, 0.2) is 0 Å². The number of carbonyl (C=O) groups excluding carboxylic acids is 2. The third-order valence-electron chi connectivity index (χ3n) is 17.4. The quantitative estimate of drug-likeness (QED) is 0.0417. The molecular weight excluding hydrogens is 959 g/mol. The molecule has 3 N–H and O–H groups in total. The Hall–Kier alpha value is -1.14. The first-order valence-electron chi connectivity index (χ1n) is 36.3. The summed E-state index contributed by atoms with van der Waals surface area (Å²) in [5, 5.41) is 23.3. The molecule has 0 aliphatic heterocycles. The van der Waals surface area contributed by atoms with Gasteiger partial charge >= 0.3 is 5.97 Å². The molecule has 0 saturated carbocycles. The molecule has 466 valence electrons. The zero-order valence-corrected chi connectivity index (χ0v) is 53.4. The van der Waals surface area contributed by atoms with E-state index in [0.29, 0.717) is 25.9 Å². The third kappa shape index (κ3) is 64.0. The summed E-state index contributed by atoms with van der Waals surface area (Å²) in [6.45, 7) is 5.00. The van der Waals surface area contributed by atoms with Crippen molar-refractivity contribution in [1.29, 1.82) is 0 Å². The molecule has 1 amide bonds. The van der Waals surface area contributed by atoms with Gasteiger partial charge in [-0.1, -0.05) is 386 Å². The number of aliphatic hydroxyl groups excluding tert-OH is 2. The first kappa shape index (κ1) is 76.9. The molecule has 0 spiro atoms. The van der Waals surface area contributed by atoms with Crippen molar-refractivity contribution in [2.24, 2.45) is 0 Å². The number of hydrogen-bond acceptors (Lipinski definition) is 5. The maximum atomic E-state index is 12.5. The topological polar surface area (TPSA) is 95.9 Å². The molecule has 0 aliphatic rings. The van der Waals surface area contributed by atoms with E-state index < -0.39 is 12.1 Å². The fraction of sp³-hybridized carbons (Fsp3) is 0.972. The van der Waals surface area contributed by atoms with Gasteiger partial charge in [0.2, 0.25) is 5.91 Å². The van der Waals surface area contributed by atoms with Gasteiger partial charge in [-0.3, -0.25) is 9.59 Å². The lowest BCUT2D eigenvalue weighted by Gasteiger charge is -2.22. The lowest BCUT2D eigenvalue weighted by atomic mass is 10.0. The summed E-state index contributed by atoms with van der Waals surface area (Å²) in [6, 6.07) is -0.535. The van der Waals surface area contributed by atoms with Crippen LogP contribution >= 0.6 is 0 Å². The maximum Gasteiger partial charge on any atom is 0.305 e. The highest BCUT2D eigenvalue weighted by Gasteiger charge is 2.20. The smallest absolute Gasteiger partial charge is 0.305 e. The number of aliphatic hydroxyl groups is 2. The van der Waals surface area contributed by atoms with Crippen LogP contribution in [0.2, 0.25) is 0 Å². The van der Waals surface area contributed by atoms with Crippen molar-refractivity contribution >= 4 is 11.9 Å². The third-order valence-corrected chi connectivity index (χ3v) is 17.4. The second-order valence-electron chi connectivity index (χ2n) is 25.3. The van der Waals surface area contributed by atoms with Gasteiger partial charge in [0, 0.05) is 12.8 Å². The van der Waals surface area contributed by atoms with Crippen molar-refractivity contribution < 1.29 is 24.5 Å². The second-order valence-corrected chi connectivity index (χ2v) is 25.3. The molecule has 0 bridgehead atoms. The Kier molecular flexibility index (Phi) is 67.4. The van der Waals surface area contributed by atoms with Crippen LogP contribution in [0.25, 0.3) is 0 Å². The molecule has 0 fully saturated rings. The van der Waals surface area contributed by atoms with E-state index in [1.807, 2.05) is 0 Å². The average molecular weight is 1100 g/mol. The van der Waals surface area contributed by atoms with Crippen LogP contribution in [-0.2, 0) is 14.3 Å². The van der Waals surface area contributed by atoms with Gasteiger partial charge in [-0.2, -0.15) is 0 Å². The number of amides is 1. The highest BCUT2D eigenvalue weighted by molar-refractivity contribution is 5.76. The number of nitrogens with one attached hydrogen (secondary N) is 1. The van der Waals surface area contributed by atoms with Crippen LogP contribution in [0.1, 0.15) is 425 Å². The summed E-state index contributed by atoms with van der Waals surface area (Å²) in [4.78, 5) is 24.5. The molecule has 78 heavy (non-hydrogen) atoms. The monoisotopic (exact) mass is 1100 g/mol. The molecule has 6 heteroatoms. The minimum Gasteiger partial charge on any atom is -0.466 e. The van der Waals surface area contributed by atoms with Gasteiger partial charge in [-0.15, -0.1) is 0 Å². The van der Waals surface area contributed by atoms with E-state index in [-0.39, 0.29) is 18.5 Å². The lowest BCUT2D eigenvalue weighted by molar-refractivity contribution is -0.143. The summed E-state index contributed by atoms with van der Waals surface area (Å²) >= 11 is 0. The van der Waals surface area contributed by atoms with Crippen LogP contribution in [0.15, 0.2) is 0 Å². The van der Waals surface area contributed by atoms with Crippen LogP contribution < -0.4 is 5.32 Å². The van der Waals surface area contributed by atoms with Gasteiger partial charge in [0.05, 0.1) is 25.4 Å². The van der Waals surface area contributed by atoms with Gasteiger partial charge in [0.1, 0.15) is 0 Å². The maximum absolute atomic E-state index is 12.5. The Morgan fingerprint density at radius 3 is 0.782 bits per heavy atom. The van der Waals surface area contributed by atoms with E-state index in [0.717, 1.165) is 38.5 Å². The normalized spacial score (nSPS) is 12.4. The predicted molar refractivity (Wildman–Crippen MR) is 343 cm³/mol. The fourth-order valence-corrected chi connectivity index (χ4v) is 11.9. The zero-order valence-electron chi connectivity index (χ0n) is 53.4. The molecule has 2 atom stereocenters. The van der Waals surface area contributed by atoms with E-state index >= 15 is 0 Å². The molecule has 0 heterocycles. The molecule has 6 nitrogen and oxygen atoms in total. The van der Waals surface area contributed by atoms with Crippen LogP contribution in [0.5, 0.6) is 0 Å². The first-order valence-corrected chi connectivity index (χ1v) is 36.3. The Balaban J connectivity index is 3.28. The molecule has 0 aromatic heterocycles. The molecule has 0 saturated heterocycles. The van der Waals surface area contributed by atoms with E-state index in [1.54, 1.807) is 0 Å². The number of unbranched alkanes of at least 4 members (excludes halogenated alkanes) is 58. The van der Waals surface area contributed by atoms with E-state index in [4.69, 9.17) is 4.74 Å². The zero-order chi connectivity index (χ0) is 56.4. The van der Waals surface area contributed by atoms with E-state index in [9.17, 15) is 19.8 Å². The Bertz CT molecular complexity index is 1130. The average Bonchev–Trinajstić information content (AvgIpc) is 3.44. The highest BCUT2D eigenvalue weighted by atomic mass is 16.5. The Morgan fingerprint density at radius 1 is 0.308 bits per heavy atom. The second kappa shape index (κ2) is 68.4. The molecule has 0 aliphatic carbocycles. The minimum absolute atomic E-state index is 0.0243. The summed E-state index contributed by atoms with van der Waals surface area (Å²) in [6.07, 6.45) is 83.2. The highest BCUT2D eigenvalue weighted by Crippen LogP contribution is 2.20. The van der Waals surface area contributed by atoms with Gasteiger partial charge in [-0.05, 0) is 25.7 Å². The summed E-state index contributed by atoms with van der Waals surface area (Å²) in [5.74, 6) is -0.00188. The number of ether oxygens (including phenoxy) is 1. The Morgan fingerprint density at radius 2 is 0.526 bits per heavy atom. The molecular formula is C72H143NO5. The van der Waals surface area contributed by atoms with Crippen molar-refractivity contribution in [2.75, 3.05) is 13.2 Å². The molecule has 2 unspecified atom stereocenters. The SMILES string of the molecule is CCCCCCCCCCCCCCCCC(O)C(CO)NC(=O)CCCCCCCCCCCCCCCCCCCCCCCCCCCCCCCCCCCCCOC(=O)CCCCCCCCCCCCCC. The van der Waals surface area contributed by atoms with Crippen molar-refractivity contribution in [3.05, 3.63) is 0 Å². The number of rotatable bonds is 69. The summed E-state index contributed by atoms with van der Waals surface area (Å²) in [5.41, 5.74) is 0. The van der Waals surface area contributed by atoms with Gasteiger partial charge in [0.25, 0.3) is 0 Å². The van der Waals surface area contributed by atoms with Crippen molar-refractivity contribution in [2.45, 2.75) is 437 Å². The Labute approximate surface area is 489 Å². The standard InChI is InChI=1S/C72H143NO5/c1-3-5-7-9-11-13-15-17-41-44-48-52-56-60-64-70(75)69(68-74)73-71(76)65-61-57-53-49-45-42-39-37-35-33-31-29-27-25-23-21-19-18-20-22-24-26-28-30-32-34-36-38-40-43-47-51-55-59-63-67-78-72(77)66-62-58-54-50-46-16-14-12-10-8-6-4-2/h69-70,74-75H,3-68H2,1-2H3,(H,73,76). The van der Waals surface area contributed by atoms with Crippen molar-refractivity contribution in [3.63, 3.8) is 0 Å². The molecule has 0 aromatic rings. The van der Waals surface area contributed by atoms with Gasteiger partial charge in [-0.25, -0.2) is 0 Å². The molecule has 0 radical (unpaired) electrons. The summed E-state index contributed by atoms with van der Waals surface area (Å²) < 4.78 is 5.49. The van der Waals surface area contributed by atoms with Crippen molar-refractivity contribution in [1.82, 2.24) is 5.32 Å². The van der Waals surface area contributed by atoms with E-state index in [1.165, 1.54) is 353 Å². The number of esters is 1. The molecule has 0 rings (SSSR count). The summed E-state index contributed by atoms with van der Waals surface area (Å²) in [7, 11) is 0. The van der Waals surface area contributed by atoms with Crippen LogP contribution in [0, 0.1) is 0 Å². The fourth-order valence-electron chi connectivity index (χ4n) is 11.9.